The van der Waals surface area contributed by atoms with E-state index in [-0.39, 0.29) is 30.7 Å². The average Bonchev–Trinajstić information content (AvgIpc) is 3.17. The van der Waals surface area contributed by atoms with Gasteiger partial charge in [-0.3, -0.25) is 4.79 Å². The van der Waals surface area contributed by atoms with Crippen LogP contribution in [0.5, 0.6) is 0 Å². The Kier molecular flexibility index (Phi) is 8.21. The molecule has 0 aliphatic rings. The van der Waals surface area contributed by atoms with E-state index in [0.717, 1.165) is 28.6 Å². The van der Waals surface area contributed by atoms with Gasteiger partial charge in [-0.15, -0.1) is 36.2 Å². The third-order valence-electron chi connectivity index (χ3n) is 3.62. The first-order valence-corrected chi connectivity index (χ1v) is 8.13. The molecule has 24 heavy (non-hydrogen) atoms. The van der Waals surface area contributed by atoms with Crippen LogP contribution in [-0.4, -0.2) is 28.5 Å². The predicted octanol–water partition coefficient (Wildman–Crippen LogP) is 2.70. The second kappa shape index (κ2) is 9.64. The van der Waals surface area contributed by atoms with E-state index in [9.17, 15) is 4.79 Å². The molecule has 2 heterocycles. The number of hydrogen-bond acceptors (Lipinski definition) is 4. The van der Waals surface area contributed by atoms with E-state index >= 15 is 0 Å². The number of carbonyl (C=O) groups is 1. The number of aromatic amines is 1. The van der Waals surface area contributed by atoms with Crippen LogP contribution in [0.25, 0.3) is 10.9 Å². The Morgan fingerprint density at radius 1 is 1.33 bits per heavy atom. The number of nitrogens with one attached hydrogen (secondary N) is 2. The third-order valence-corrected chi connectivity index (χ3v) is 4.25. The summed E-state index contributed by atoms with van der Waals surface area (Å²) < 4.78 is 0. The van der Waals surface area contributed by atoms with Crippen molar-refractivity contribution >= 4 is 53.0 Å². The fourth-order valence-electron chi connectivity index (χ4n) is 2.44. The topological polar surface area (TPSA) is 83.8 Å². The number of amides is 1. The summed E-state index contributed by atoms with van der Waals surface area (Å²) in [6, 6.07) is 7.47. The number of H-pyrrole nitrogens is 1. The lowest BCUT2D eigenvalue weighted by Gasteiger charge is -2.11. The van der Waals surface area contributed by atoms with Gasteiger partial charge in [-0.25, -0.2) is 4.98 Å². The standard InChI is InChI=1S/C16H18N4OS.2ClH/c17-14(16(21)18-6-5-12-9-22-10-20-12)7-11-8-19-15-4-2-1-3-13(11)15;;/h1-4,8-10,14,19H,5-7,17H2,(H,18,21);2*1H/t14-;;/m0../s1. The third kappa shape index (κ3) is 4.95. The Balaban J connectivity index is 0.00000144. The van der Waals surface area contributed by atoms with Crippen molar-refractivity contribution in [3.8, 4) is 0 Å². The highest BCUT2D eigenvalue weighted by Gasteiger charge is 2.15. The van der Waals surface area contributed by atoms with Crippen LogP contribution in [-0.2, 0) is 17.6 Å². The van der Waals surface area contributed by atoms with E-state index in [4.69, 9.17) is 5.73 Å². The van der Waals surface area contributed by atoms with Gasteiger partial charge < -0.3 is 16.0 Å². The Labute approximate surface area is 156 Å². The van der Waals surface area contributed by atoms with Gasteiger partial charge in [0.1, 0.15) is 0 Å². The average molecular weight is 387 g/mol. The molecule has 3 aromatic rings. The zero-order chi connectivity index (χ0) is 15.4. The van der Waals surface area contributed by atoms with Crippen LogP contribution in [0.15, 0.2) is 41.4 Å². The van der Waals surface area contributed by atoms with E-state index in [1.807, 2.05) is 35.8 Å². The monoisotopic (exact) mass is 386 g/mol. The second-order valence-electron chi connectivity index (χ2n) is 5.19. The lowest BCUT2D eigenvalue weighted by atomic mass is 10.1. The summed E-state index contributed by atoms with van der Waals surface area (Å²) in [5.74, 6) is -0.125. The molecule has 8 heteroatoms. The molecule has 1 amide bonds. The SMILES string of the molecule is Cl.Cl.N[C@@H](Cc1c[nH]c2ccccc12)C(=O)NCCc1cscn1. The molecule has 4 N–H and O–H groups in total. The minimum absolute atomic E-state index is 0. The van der Waals surface area contributed by atoms with E-state index in [2.05, 4.69) is 15.3 Å². The van der Waals surface area contributed by atoms with Gasteiger partial charge in [-0.05, 0) is 18.1 Å². The fraction of sp³-hybridized carbons (Fsp3) is 0.250. The molecule has 3 rings (SSSR count). The normalized spacial score (nSPS) is 11.4. The van der Waals surface area contributed by atoms with Crippen LogP contribution in [0.2, 0.25) is 0 Å². The molecule has 1 aromatic carbocycles. The van der Waals surface area contributed by atoms with Crippen molar-refractivity contribution < 1.29 is 4.79 Å². The van der Waals surface area contributed by atoms with E-state index in [0.29, 0.717) is 13.0 Å². The van der Waals surface area contributed by atoms with Crippen LogP contribution in [0.1, 0.15) is 11.3 Å². The fourth-order valence-corrected chi connectivity index (χ4v) is 3.03. The first kappa shape index (κ1) is 20.4. The summed E-state index contributed by atoms with van der Waals surface area (Å²) in [4.78, 5) is 19.5. The number of para-hydroxylation sites is 1. The summed E-state index contributed by atoms with van der Waals surface area (Å²) in [6.45, 7) is 0.560. The molecule has 130 valence electrons. The van der Waals surface area contributed by atoms with Gasteiger partial charge in [0.2, 0.25) is 5.91 Å². The van der Waals surface area contributed by atoms with Crippen LogP contribution in [0, 0.1) is 0 Å². The van der Waals surface area contributed by atoms with Crippen LogP contribution >= 0.6 is 36.2 Å². The number of halogens is 2. The van der Waals surface area contributed by atoms with Crippen molar-refractivity contribution in [3.05, 3.63) is 52.6 Å². The van der Waals surface area contributed by atoms with Crippen molar-refractivity contribution in [2.24, 2.45) is 5.73 Å². The van der Waals surface area contributed by atoms with Gasteiger partial charge in [0.25, 0.3) is 0 Å². The number of carbonyl (C=O) groups excluding carboxylic acids is 1. The molecule has 0 saturated carbocycles. The van der Waals surface area contributed by atoms with Gasteiger partial charge in [0.15, 0.2) is 0 Å². The molecule has 0 saturated heterocycles. The molecule has 0 unspecified atom stereocenters. The smallest absolute Gasteiger partial charge is 0.237 e. The lowest BCUT2D eigenvalue weighted by Crippen LogP contribution is -2.42. The Bertz CT molecular complexity index is 760. The first-order valence-electron chi connectivity index (χ1n) is 7.19. The molecule has 0 spiro atoms. The zero-order valence-corrected chi connectivity index (χ0v) is 15.3. The molecule has 0 bridgehead atoms. The minimum atomic E-state index is -0.547. The number of nitrogens with zero attached hydrogens (tertiary/aromatic N) is 1. The Morgan fingerprint density at radius 2 is 2.12 bits per heavy atom. The van der Waals surface area contributed by atoms with Gasteiger partial charge in [0.05, 0.1) is 17.2 Å². The number of benzene rings is 1. The maximum atomic E-state index is 12.1. The molecule has 0 aliphatic heterocycles. The Hall–Kier alpha value is -1.60. The van der Waals surface area contributed by atoms with Crippen molar-refractivity contribution in [2.45, 2.75) is 18.9 Å². The van der Waals surface area contributed by atoms with Crippen molar-refractivity contribution in [1.82, 2.24) is 15.3 Å². The highest BCUT2D eigenvalue weighted by atomic mass is 35.5. The van der Waals surface area contributed by atoms with Crippen molar-refractivity contribution in [3.63, 3.8) is 0 Å². The number of aromatic nitrogens is 2. The summed E-state index contributed by atoms with van der Waals surface area (Å²) in [5, 5.41) is 5.97. The summed E-state index contributed by atoms with van der Waals surface area (Å²) >= 11 is 1.56. The summed E-state index contributed by atoms with van der Waals surface area (Å²) in [7, 11) is 0. The molecule has 0 fully saturated rings. The first-order chi connectivity index (χ1) is 10.7. The molecule has 0 radical (unpaired) electrons. The Morgan fingerprint density at radius 3 is 2.88 bits per heavy atom. The summed E-state index contributed by atoms with van der Waals surface area (Å²) in [6.07, 6.45) is 3.18. The number of hydrogen-bond donors (Lipinski definition) is 3. The minimum Gasteiger partial charge on any atom is -0.361 e. The van der Waals surface area contributed by atoms with Gasteiger partial charge >= 0.3 is 0 Å². The van der Waals surface area contributed by atoms with Gasteiger partial charge in [0, 0.05) is 35.4 Å². The van der Waals surface area contributed by atoms with Gasteiger partial charge in [-0.1, -0.05) is 18.2 Å². The van der Waals surface area contributed by atoms with E-state index < -0.39 is 6.04 Å². The highest BCUT2D eigenvalue weighted by molar-refractivity contribution is 7.07. The van der Waals surface area contributed by atoms with E-state index in [1.54, 1.807) is 16.8 Å². The largest absolute Gasteiger partial charge is 0.361 e. The quantitative estimate of drug-likeness (QED) is 0.608. The van der Waals surface area contributed by atoms with E-state index in [1.165, 1.54) is 0 Å². The number of rotatable bonds is 6. The van der Waals surface area contributed by atoms with Gasteiger partial charge in [-0.2, -0.15) is 0 Å². The molecular weight excluding hydrogens is 367 g/mol. The maximum Gasteiger partial charge on any atom is 0.237 e. The molecule has 0 aliphatic carbocycles. The number of fused-ring (bicyclic) bond motifs is 1. The van der Waals surface area contributed by atoms with Crippen LogP contribution in [0.3, 0.4) is 0 Å². The highest BCUT2D eigenvalue weighted by Crippen LogP contribution is 2.18. The maximum absolute atomic E-state index is 12.1. The predicted molar refractivity (Wildman–Crippen MR) is 103 cm³/mol. The molecular formula is C16H20Cl2N4OS. The molecule has 1 atom stereocenters. The van der Waals surface area contributed by atoms with Crippen molar-refractivity contribution in [1.29, 1.82) is 0 Å². The zero-order valence-electron chi connectivity index (χ0n) is 12.9. The summed E-state index contributed by atoms with van der Waals surface area (Å²) in [5.41, 5.74) is 10.9. The van der Waals surface area contributed by atoms with Crippen LogP contribution in [0.4, 0.5) is 0 Å². The lowest BCUT2D eigenvalue weighted by molar-refractivity contribution is -0.122. The molecule has 2 aromatic heterocycles. The second-order valence-corrected chi connectivity index (χ2v) is 5.91. The number of nitrogens with two attached hydrogens (primary N) is 1. The number of thiazole rings is 1. The molecule has 5 nitrogen and oxygen atoms in total. The van der Waals surface area contributed by atoms with Crippen LogP contribution < -0.4 is 11.1 Å². The van der Waals surface area contributed by atoms with Crippen molar-refractivity contribution in [2.75, 3.05) is 6.54 Å².